The molecule has 1 aliphatic carbocycles. The van der Waals surface area contributed by atoms with E-state index in [0.717, 1.165) is 24.1 Å². The number of anilines is 1. The number of alkyl halides is 2. The predicted octanol–water partition coefficient (Wildman–Crippen LogP) is 4.03. The molecule has 1 atom stereocenters. The van der Waals surface area contributed by atoms with Crippen molar-refractivity contribution in [1.82, 2.24) is 4.90 Å². The van der Waals surface area contributed by atoms with Crippen molar-refractivity contribution < 1.29 is 23.0 Å². The minimum Gasteiger partial charge on any atom is -0.493 e. The van der Waals surface area contributed by atoms with Gasteiger partial charge in [-0.15, -0.1) is 0 Å². The second kappa shape index (κ2) is 6.48. The average Bonchev–Trinajstić information content (AvgIpc) is 3.46. The van der Waals surface area contributed by atoms with Crippen LogP contribution >= 0.6 is 0 Å². The molecule has 0 saturated heterocycles. The zero-order chi connectivity index (χ0) is 18.3. The lowest BCUT2D eigenvalue weighted by atomic mass is 10.0. The molecular formula is C19H18F2N2O3. The van der Waals surface area contributed by atoms with E-state index in [1.807, 2.05) is 23.1 Å². The second-order valence-corrected chi connectivity index (χ2v) is 6.32. The molecule has 1 aliphatic heterocycles. The third kappa shape index (κ3) is 2.94. The molecule has 0 unspecified atom stereocenters. The first-order valence-electron chi connectivity index (χ1n) is 8.39. The van der Waals surface area contributed by atoms with E-state index in [-0.39, 0.29) is 29.6 Å². The van der Waals surface area contributed by atoms with Crippen LogP contribution in [0.1, 0.15) is 34.9 Å². The van der Waals surface area contributed by atoms with Crippen molar-refractivity contribution in [1.29, 1.82) is 0 Å². The number of hydrogen-bond acceptors (Lipinski definition) is 4. The Morgan fingerprint density at radius 3 is 2.62 bits per heavy atom. The van der Waals surface area contributed by atoms with Crippen molar-refractivity contribution in [3.8, 4) is 11.5 Å². The van der Waals surface area contributed by atoms with Crippen molar-refractivity contribution in [3.05, 3.63) is 53.6 Å². The quantitative estimate of drug-likeness (QED) is 0.875. The molecule has 2 aromatic carbocycles. The van der Waals surface area contributed by atoms with E-state index in [4.69, 9.17) is 4.74 Å². The summed E-state index contributed by atoms with van der Waals surface area (Å²) in [5, 5.41) is 3.39. The normalized spacial score (nSPS) is 19.2. The lowest BCUT2D eigenvalue weighted by molar-refractivity contribution is -0.0512. The topological polar surface area (TPSA) is 50.8 Å². The highest BCUT2D eigenvalue weighted by atomic mass is 19.3. The molecule has 1 amide bonds. The van der Waals surface area contributed by atoms with Crippen molar-refractivity contribution in [2.45, 2.75) is 31.7 Å². The summed E-state index contributed by atoms with van der Waals surface area (Å²) in [7, 11) is 1.39. The number of fused-ring (bicyclic) bond motifs is 1. The van der Waals surface area contributed by atoms with Gasteiger partial charge in [-0.1, -0.05) is 18.2 Å². The summed E-state index contributed by atoms with van der Waals surface area (Å²) in [6.07, 6.45) is 1.52. The van der Waals surface area contributed by atoms with Crippen LogP contribution in [0.15, 0.2) is 42.5 Å². The molecule has 0 radical (unpaired) electrons. The molecule has 7 heteroatoms. The molecule has 136 valence electrons. The molecule has 0 bridgehead atoms. The van der Waals surface area contributed by atoms with Crippen molar-refractivity contribution >= 4 is 11.6 Å². The van der Waals surface area contributed by atoms with Gasteiger partial charge in [-0.25, -0.2) is 0 Å². The highest BCUT2D eigenvalue weighted by Crippen LogP contribution is 2.42. The number of rotatable bonds is 5. The smallest absolute Gasteiger partial charge is 0.387 e. The Hall–Kier alpha value is -2.83. The second-order valence-electron chi connectivity index (χ2n) is 6.32. The van der Waals surface area contributed by atoms with Gasteiger partial charge in [0.2, 0.25) is 0 Å². The minimum absolute atomic E-state index is 0.0290. The van der Waals surface area contributed by atoms with E-state index in [2.05, 4.69) is 10.1 Å². The van der Waals surface area contributed by atoms with Gasteiger partial charge in [-0.05, 0) is 42.7 Å². The van der Waals surface area contributed by atoms with Crippen LogP contribution in [0.2, 0.25) is 0 Å². The van der Waals surface area contributed by atoms with E-state index in [1.54, 1.807) is 18.2 Å². The molecule has 0 aromatic heterocycles. The Bertz CT molecular complexity index is 839. The standard InChI is InChI=1S/C19H18F2N2O3/c1-25-16-10-11(6-9-15(16)26-19(20)21)17-22-14-5-3-2-4-13(14)18(24)23(17)12-7-8-12/h2-6,9-10,12,17,19,22H,7-8H2,1H3/t17-/m1/s1. The third-order valence-electron chi connectivity index (χ3n) is 4.62. The molecule has 1 N–H and O–H groups in total. The van der Waals surface area contributed by atoms with Gasteiger partial charge in [-0.3, -0.25) is 4.79 Å². The number of amides is 1. The van der Waals surface area contributed by atoms with Crippen LogP contribution in [0.25, 0.3) is 0 Å². The number of nitrogens with one attached hydrogen (secondary N) is 1. The molecule has 1 heterocycles. The van der Waals surface area contributed by atoms with Crippen molar-refractivity contribution in [2.75, 3.05) is 12.4 Å². The van der Waals surface area contributed by atoms with E-state index in [1.165, 1.54) is 13.2 Å². The fourth-order valence-electron chi connectivity index (χ4n) is 3.29. The number of halogens is 2. The maximum Gasteiger partial charge on any atom is 0.387 e. The number of hydrogen-bond donors (Lipinski definition) is 1. The lowest BCUT2D eigenvalue weighted by Crippen LogP contribution is -2.44. The largest absolute Gasteiger partial charge is 0.493 e. The predicted molar refractivity (Wildman–Crippen MR) is 91.6 cm³/mol. The number of para-hydroxylation sites is 1. The van der Waals surface area contributed by atoms with Crippen molar-refractivity contribution in [2.24, 2.45) is 0 Å². The fourth-order valence-corrected chi connectivity index (χ4v) is 3.29. The van der Waals surface area contributed by atoms with Gasteiger partial charge in [0.15, 0.2) is 11.5 Å². The molecule has 1 fully saturated rings. The number of nitrogens with zero attached hydrogens (tertiary/aromatic N) is 1. The maximum atomic E-state index is 13.0. The monoisotopic (exact) mass is 360 g/mol. The van der Waals surface area contributed by atoms with Gasteiger partial charge in [0, 0.05) is 11.7 Å². The highest BCUT2D eigenvalue weighted by Gasteiger charge is 2.42. The highest BCUT2D eigenvalue weighted by molar-refractivity contribution is 6.02. The Balaban J connectivity index is 1.73. The Labute approximate surface area is 149 Å². The third-order valence-corrected chi connectivity index (χ3v) is 4.62. The number of benzene rings is 2. The van der Waals surface area contributed by atoms with Crippen LogP contribution in [0, 0.1) is 0 Å². The maximum absolute atomic E-state index is 13.0. The Morgan fingerprint density at radius 1 is 1.15 bits per heavy atom. The molecule has 2 aromatic rings. The van der Waals surface area contributed by atoms with Crippen LogP contribution < -0.4 is 14.8 Å². The number of ether oxygens (including phenoxy) is 2. The summed E-state index contributed by atoms with van der Waals surface area (Å²) >= 11 is 0. The first kappa shape index (κ1) is 16.6. The molecule has 26 heavy (non-hydrogen) atoms. The summed E-state index contributed by atoms with van der Waals surface area (Å²) in [6, 6.07) is 12.3. The summed E-state index contributed by atoms with van der Waals surface area (Å²) in [4.78, 5) is 14.8. The van der Waals surface area contributed by atoms with E-state index in [9.17, 15) is 13.6 Å². The zero-order valence-electron chi connectivity index (χ0n) is 14.1. The molecular weight excluding hydrogens is 342 g/mol. The van der Waals surface area contributed by atoms with Crippen LogP contribution in [0.5, 0.6) is 11.5 Å². The first-order chi connectivity index (χ1) is 12.6. The molecule has 1 saturated carbocycles. The van der Waals surface area contributed by atoms with E-state index >= 15 is 0 Å². The number of carbonyl (C=O) groups excluding carboxylic acids is 1. The van der Waals surface area contributed by atoms with Gasteiger partial charge >= 0.3 is 6.61 Å². The fraction of sp³-hybridized carbons (Fsp3) is 0.316. The molecule has 5 nitrogen and oxygen atoms in total. The average molecular weight is 360 g/mol. The Kier molecular flexibility index (Phi) is 4.14. The van der Waals surface area contributed by atoms with Crippen LogP contribution in [-0.4, -0.2) is 30.6 Å². The van der Waals surface area contributed by atoms with Gasteiger partial charge in [0.25, 0.3) is 5.91 Å². The van der Waals surface area contributed by atoms with Crippen LogP contribution in [0.4, 0.5) is 14.5 Å². The van der Waals surface area contributed by atoms with E-state index < -0.39 is 6.61 Å². The van der Waals surface area contributed by atoms with Crippen LogP contribution in [0.3, 0.4) is 0 Å². The van der Waals surface area contributed by atoms with E-state index in [0.29, 0.717) is 5.56 Å². The summed E-state index contributed by atoms with van der Waals surface area (Å²) in [5.41, 5.74) is 2.14. The number of methoxy groups -OCH3 is 1. The van der Waals surface area contributed by atoms with Gasteiger partial charge in [0.05, 0.1) is 12.7 Å². The van der Waals surface area contributed by atoms with Crippen LogP contribution in [-0.2, 0) is 0 Å². The van der Waals surface area contributed by atoms with Gasteiger partial charge < -0.3 is 19.7 Å². The molecule has 4 rings (SSSR count). The lowest BCUT2D eigenvalue weighted by Gasteiger charge is -2.38. The van der Waals surface area contributed by atoms with Gasteiger partial charge in [-0.2, -0.15) is 8.78 Å². The summed E-state index contributed by atoms with van der Waals surface area (Å²) in [6.45, 7) is -2.93. The molecule has 0 spiro atoms. The molecule has 2 aliphatic rings. The SMILES string of the molecule is COc1cc([C@@H]2Nc3ccccc3C(=O)N2C2CC2)ccc1OC(F)F. The Morgan fingerprint density at radius 2 is 1.92 bits per heavy atom. The summed E-state index contributed by atoms with van der Waals surface area (Å²) in [5.74, 6) is 0.136. The zero-order valence-corrected chi connectivity index (χ0v) is 14.1. The number of carbonyl (C=O) groups is 1. The minimum atomic E-state index is -2.93. The van der Waals surface area contributed by atoms with Gasteiger partial charge in [0.1, 0.15) is 6.17 Å². The summed E-state index contributed by atoms with van der Waals surface area (Å²) < 4.78 is 34.8. The first-order valence-corrected chi connectivity index (χ1v) is 8.39. The van der Waals surface area contributed by atoms with Crippen molar-refractivity contribution in [3.63, 3.8) is 0 Å².